The van der Waals surface area contributed by atoms with Gasteiger partial charge < -0.3 is 21.5 Å². The number of nitrogens with one attached hydrogen (secondary N) is 2. The van der Waals surface area contributed by atoms with Gasteiger partial charge in [0.1, 0.15) is 6.04 Å². The van der Waals surface area contributed by atoms with Crippen LogP contribution in [-0.4, -0.2) is 29.1 Å². The Morgan fingerprint density at radius 3 is 2.38 bits per heavy atom. The summed E-state index contributed by atoms with van der Waals surface area (Å²) in [4.78, 5) is 35.7. The lowest BCUT2D eigenvalue weighted by atomic mass is 10.1. The van der Waals surface area contributed by atoms with Gasteiger partial charge >= 0.3 is 12.0 Å². The number of urea groups is 1. The molecular formula is C13H19N3O4S. The Morgan fingerprint density at radius 2 is 1.95 bits per heavy atom. The summed E-state index contributed by atoms with van der Waals surface area (Å²) in [6.07, 6.45) is -0.451. The Kier molecular flexibility index (Phi) is 5.71. The van der Waals surface area contributed by atoms with Crippen LogP contribution >= 0.6 is 11.3 Å². The highest BCUT2D eigenvalue weighted by Gasteiger charge is 2.23. The second-order valence-electron chi connectivity index (χ2n) is 4.77. The van der Waals surface area contributed by atoms with Crippen molar-refractivity contribution >= 4 is 29.2 Å². The van der Waals surface area contributed by atoms with Gasteiger partial charge in [0.25, 0.3) is 0 Å². The molecule has 0 aliphatic carbocycles. The Morgan fingerprint density at radius 1 is 1.33 bits per heavy atom. The smallest absolute Gasteiger partial charge is 0.326 e. The Hall–Kier alpha value is -2.09. The van der Waals surface area contributed by atoms with E-state index in [1.807, 2.05) is 19.9 Å². The quantitative estimate of drug-likeness (QED) is 0.627. The number of carboxylic acid groups (broad SMARTS) is 1. The molecule has 1 unspecified atom stereocenters. The number of hydrogen-bond acceptors (Lipinski definition) is 4. The zero-order valence-electron chi connectivity index (χ0n) is 12.1. The van der Waals surface area contributed by atoms with Crippen LogP contribution in [-0.2, 0) is 9.59 Å². The minimum absolute atomic E-state index is 0.266. The molecule has 0 spiro atoms. The molecule has 7 nitrogen and oxygen atoms in total. The largest absolute Gasteiger partial charge is 0.480 e. The number of amides is 3. The molecule has 1 heterocycles. The third-order valence-electron chi connectivity index (χ3n) is 2.90. The van der Waals surface area contributed by atoms with E-state index < -0.39 is 30.4 Å². The molecule has 1 aromatic heterocycles. The Labute approximate surface area is 126 Å². The van der Waals surface area contributed by atoms with Crippen LogP contribution in [0.3, 0.4) is 0 Å². The van der Waals surface area contributed by atoms with Gasteiger partial charge in [-0.25, -0.2) is 9.59 Å². The van der Waals surface area contributed by atoms with Crippen molar-refractivity contribution in [3.05, 3.63) is 21.4 Å². The molecule has 5 N–H and O–H groups in total. The van der Waals surface area contributed by atoms with Gasteiger partial charge in [0.05, 0.1) is 12.5 Å². The first-order chi connectivity index (χ1) is 9.70. The van der Waals surface area contributed by atoms with Gasteiger partial charge in [-0.15, -0.1) is 11.3 Å². The summed E-state index contributed by atoms with van der Waals surface area (Å²) in [7, 11) is 0. The maximum Gasteiger partial charge on any atom is 0.326 e. The van der Waals surface area contributed by atoms with Gasteiger partial charge in [-0.2, -0.15) is 0 Å². The van der Waals surface area contributed by atoms with E-state index >= 15 is 0 Å². The average Bonchev–Trinajstić information content (AvgIpc) is 2.66. The summed E-state index contributed by atoms with van der Waals surface area (Å²) in [6.45, 7) is 5.73. The van der Waals surface area contributed by atoms with E-state index in [9.17, 15) is 14.4 Å². The van der Waals surface area contributed by atoms with Gasteiger partial charge in [0, 0.05) is 9.75 Å². The molecule has 0 saturated carbocycles. The zero-order valence-corrected chi connectivity index (χ0v) is 12.9. The van der Waals surface area contributed by atoms with Crippen molar-refractivity contribution in [2.24, 2.45) is 5.73 Å². The van der Waals surface area contributed by atoms with Crippen LogP contribution in [0.2, 0.25) is 0 Å². The molecule has 1 aromatic rings. The molecule has 3 amide bonds. The van der Waals surface area contributed by atoms with Crippen LogP contribution in [0.5, 0.6) is 0 Å². The number of carbonyl (C=O) groups is 3. The molecule has 2 atom stereocenters. The number of carbonyl (C=O) groups excluding carboxylic acids is 2. The molecule has 0 aliphatic rings. The number of rotatable bonds is 6. The summed E-state index contributed by atoms with van der Waals surface area (Å²) in [5.41, 5.74) is 5.93. The van der Waals surface area contributed by atoms with Gasteiger partial charge in [-0.3, -0.25) is 4.79 Å². The van der Waals surface area contributed by atoms with E-state index in [-0.39, 0.29) is 6.04 Å². The zero-order chi connectivity index (χ0) is 16.2. The second kappa shape index (κ2) is 7.07. The lowest BCUT2D eigenvalue weighted by Crippen LogP contribution is -2.48. The van der Waals surface area contributed by atoms with E-state index in [1.165, 1.54) is 0 Å². The van der Waals surface area contributed by atoms with Crippen LogP contribution in [0.4, 0.5) is 4.79 Å². The number of thiophene rings is 1. The average molecular weight is 313 g/mol. The first-order valence-electron chi connectivity index (χ1n) is 6.35. The Balaban J connectivity index is 2.65. The summed E-state index contributed by atoms with van der Waals surface area (Å²) in [5, 5.41) is 13.8. The van der Waals surface area contributed by atoms with Crippen LogP contribution in [0.1, 0.15) is 34.7 Å². The second-order valence-corrected chi connectivity index (χ2v) is 6.23. The van der Waals surface area contributed by atoms with Crippen LogP contribution in [0, 0.1) is 13.8 Å². The molecule has 0 saturated heterocycles. The lowest BCUT2D eigenvalue weighted by molar-refractivity contribution is -0.140. The highest BCUT2D eigenvalue weighted by atomic mass is 32.1. The van der Waals surface area contributed by atoms with Gasteiger partial charge in [0.2, 0.25) is 5.91 Å². The van der Waals surface area contributed by atoms with E-state index in [1.54, 1.807) is 18.3 Å². The number of aliphatic carboxylic acids is 1. The molecule has 1 rings (SSSR count). The SMILES string of the molecule is Cc1cc(C(C)NC(=O)N[C@H](CC(N)=O)C(=O)O)c(C)s1. The fourth-order valence-corrected chi connectivity index (χ4v) is 2.98. The number of primary amides is 1. The highest BCUT2D eigenvalue weighted by Crippen LogP contribution is 2.25. The molecule has 0 aliphatic heterocycles. The summed E-state index contributed by atoms with van der Waals surface area (Å²) < 4.78 is 0. The molecule has 0 fully saturated rings. The first-order valence-corrected chi connectivity index (χ1v) is 7.17. The highest BCUT2D eigenvalue weighted by molar-refractivity contribution is 7.12. The summed E-state index contributed by atoms with van der Waals surface area (Å²) in [5.74, 6) is -2.10. The standard InChI is InChI=1S/C13H19N3O4S/c1-6-4-9(8(3)21-6)7(2)15-13(20)16-10(12(18)19)5-11(14)17/h4,7,10H,5H2,1-3H3,(H2,14,17)(H,18,19)(H2,15,16,20)/t7?,10-/m1/s1. The molecule has 0 radical (unpaired) electrons. The maximum atomic E-state index is 11.8. The monoisotopic (exact) mass is 313 g/mol. The van der Waals surface area contributed by atoms with E-state index in [0.29, 0.717) is 0 Å². The Bertz CT molecular complexity index is 556. The van der Waals surface area contributed by atoms with Crippen molar-refractivity contribution in [1.29, 1.82) is 0 Å². The molecular weight excluding hydrogens is 294 g/mol. The van der Waals surface area contributed by atoms with Gasteiger partial charge in [0.15, 0.2) is 0 Å². The first kappa shape index (κ1) is 17.0. The normalized spacial score (nSPS) is 13.3. The van der Waals surface area contributed by atoms with E-state index in [4.69, 9.17) is 10.8 Å². The minimum atomic E-state index is -1.33. The maximum absolute atomic E-state index is 11.8. The van der Waals surface area contributed by atoms with Gasteiger partial charge in [-0.05, 0) is 32.4 Å². The number of nitrogens with two attached hydrogens (primary N) is 1. The van der Waals surface area contributed by atoms with Crippen molar-refractivity contribution in [2.75, 3.05) is 0 Å². The molecule has 0 aromatic carbocycles. The molecule has 8 heteroatoms. The number of carboxylic acids is 1. The topological polar surface area (TPSA) is 122 Å². The molecule has 116 valence electrons. The van der Waals surface area contributed by atoms with Crippen molar-refractivity contribution in [3.8, 4) is 0 Å². The third-order valence-corrected chi connectivity index (χ3v) is 3.88. The predicted molar refractivity (Wildman–Crippen MR) is 79.1 cm³/mol. The van der Waals surface area contributed by atoms with E-state index in [0.717, 1.165) is 15.3 Å². The van der Waals surface area contributed by atoms with Crippen molar-refractivity contribution < 1.29 is 19.5 Å². The number of aryl methyl sites for hydroxylation is 2. The molecule has 21 heavy (non-hydrogen) atoms. The van der Waals surface area contributed by atoms with Crippen molar-refractivity contribution in [1.82, 2.24) is 10.6 Å². The van der Waals surface area contributed by atoms with Crippen molar-refractivity contribution in [3.63, 3.8) is 0 Å². The molecule has 0 bridgehead atoms. The van der Waals surface area contributed by atoms with Crippen LogP contribution in [0.15, 0.2) is 6.07 Å². The number of hydrogen-bond donors (Lipinski definition) is 4. The lowest BCUT2D eigenvalue weighted by Gasteiger charge is -2.17. The minimum Gasteiger partial charge on any atom is -0.480 e. The van der Waals surface area contributed by atoms with E-state index in [2.05, 4.69) is 10.6 Å². The summed E-state index contributed by atoms with van der Waals surface area (Å²) >= 11 is 1.62. The van der Waals surface area contributed by atoms with Crippen molar-refractivity contribution in [2.45, 2.75) is 39.3 Å². The van der Waals surface area contributed by atoms with Crippen LogP contribution in [0.25, 0.3) is 0 Å². The fourth-order valence-electron chi connectivity index (χ4n) is 1.96. The fraction of sp³-hybridized carbons (Fsp3) is 0.462. The predicted octanol–water partition coefficient (Wildman–Crippen LogP) is 1.05. The van der Waals surface area contributed by atoms with Gasteiger partial charge in [-0.1, -0.05) is 0 Å². The third kappa shape index (κ3) is 5.07. The van der Waals surface area contributed by atoms with Crippen LogP contribution < -0.4 is 16.4 Å². The summed E-state index contributed by atoms with van der Waals surface area (Å²) in [6, 6.07) is -0.277.